The largest absolute Gasteiger partial charge is 0.355 e. The van der Waals surface area contributed by atoms with E-state index < -0.39 is 5.41 Å². The number of anilines is 2. The first-order valence-corrected chi connectivity index (χ1v) is 19.0. The van der Waals surface area contributed by atoms with Crippen LogP contribution in [0.5, 0.6) is 0 Å². The average Bonchev–Trinajstić information content (AvgIpc) is 3.75. The number of fused-ring (bicyclic) bond motifs is 8. The maximum absolute atomic E-state index is 3.88. The highest BCUT2D eigenvalue weighted by atomic mass is 15.0. The van der Waals surface area contributed by atoms with Gasteiger partial charge >= 0.3 is 0 Å². The van der Waals surface area contributed by atoms with Gasteiger partial charge in [-0.05, 0) is 92.4 Å². The van der Waals surface area contributed by atoms with Gasteiger partial charge in [0.05, 0.1) is 16.4 Å². The zero-order chi connectivity index (χ0) is 36.3. The molecule has 10 aromatic rings. The van der Waals surface area contributed by atoms with Crippen LogP contribution in [0.25, 0.3) is 60.5 Å². The summed E-state index contributed by atoms with van der Waals surface area (Å²) in [6.45, 7) is 0. The van der Waals surface area contributed by atoms with Crippen molar-refractivity contribution in [3.63, 3.8) is 0 Å². The Labute approximate surface area is 320 Å². The average molecular weight is 701 g/mol. The van der Waals surface area contributed by atoms with E-state index in [0.717, 1.165) is 17.1 Å². The van der Waals surface area contributed by atoms with Crippen molar-refractivity contribution in [3.05, 3.63) is 235 Å². The molecule has 0 saturated heterocycles. The number of hydrogen-bond acceptors (Lipinski definition) is 1. The van der Waals surface area contributed by atoms with Gasteiger partial charge in [0.1, 0.15) is 0 Å². The lowest BCUT2D eigenvalue weighted by Gasteiger charge is -2.34. The molecule has 0 aliphatic heterocycles. The number of rotatable bonds is 6. The first-order valence-electron chi connectivity index (χ1n) is 19.0. The summed E-state index contributed by atoms with van der Waals surface area (Å²) in [5, 5.41) is 8.86. The van der Waals surface area contributed by atoms with Crippen LogP contribution in [0, 0.1) is 0 Å². The highest BCUT2D eigenvalue weighted by molar-refractivity contribution is 6.19. The normalized spacial score (nSPS) is 14.6. The Morgan fingerprint density at radius 3 is 1.87 bits per heavy atom. The van der Waals surface area contributed by atoms with E-state index >= 15 is 0 Å². The smallest absolute Gasteiger partial charge is 0.0714 e. The topological polar surface area (TPSA) is 17.0 Å². The summed E-state index contributed by atoms with van der Waals surface area (Å²) >= 11 is 0. The van der Waals surface area contributed by atoms with Gasteiger partial charge in [-0.1, -0.05) is 170 Å². The number of nitrogens with one attached hydrogen (secondary N) is 1. The number of para-hydroxylation sites is 1. The van der Waals surface area contributed by atoms with E-state index in [1.54, 1.807) is 0 Å². The molecule has 55 heavy (non-hydrogen) atoms. The fraction of sp³-hybridized carbons (Fsp3) is 0.0189. The molecule has 1 aliphatic carbocycles. The molecule has 9 aromatic carbocycles. The van der Waals surface area contributed by atoms with Crippen LogP contribution in [0.3, 0.4) is 0 Å². The summed E-state index contributed by atoms with van der Waals surface area (Å²) in [5.74, 6) is 0. The molecule has 11 rings (SSSR count). The molecule has 0 amide bonds. The van der Waals surface area contributed by atoms with Crippen molar-refractivity contribution in [3.8, 4) is 27.9 Å². The van der Waals surface area contributed by atoms with Crippen LogP contribution in [0.2, 0.25) is 0 Å². The number of hydrogen-bond donors (Lipinski definition) is 1. The Bertz CT molecular complexity index is 3050. The molecular formula is C53H36N2. The maximum Gasteiger partial charge on any atom is 0.0714 e. The zero-order valence-corrected chi connectivity index (χ0v) is 30.2. The summed E-state index contributed by atoms with van der Waals surface area (Å²) in [4.78, 5) is 0. The highest BCUT2D eigenvalue weighted by Gasteiger charge is 2.46. The second kappa shape index (κ2) is 12.5. The third-order valence-corrected chi connectivity index (χ3v) is 11.6. The van der Waals surface area contributed by atoms with Gasteiger partial charge in [0, 0.05) is 33.2 Å². The molecule has 1 heterocycles. The molecule has 1 atom stereocenters. The predicted molar refractivity (Wildman–Crippen MR) is 231 cm³/mol. The Morgan fingerprint density at radius 1 is 0.382 bits per heavy atom. The van der Waals surface area contributed by atoms with E-state index in [2.05, 4.69) is 222 Å². The van der Waals surface area contributed by atoms with Crippen LogP contribution in [0.1, 0.15) is 22.3 Å². The second-order valence-electron chi connectivity index (χ2n) is 14.6. The van der Waals surface area contributed by atoms with Gasteiger partial charge in [0.15, 0.2) is 0 Å². The third kappa shape index (κ3) is 4.82. The molecule has 0 saturated carbocycles. The van der Waals surface area contributed by atoms with E-state index in [0.29, 0.717) is 0 Å². The number of nitrogens with zero attached hydrogens (tertiary/aromatic N) is 1. The van der Waals surface area contributed by atoms with Crippen molar-refractivity contribution in [1.29, 1.82) is 0 Å². The lowest BCUT2D eigenvalue weighted by molar-refractivity contribution is 0.769. The molecule has 1 aliphatic rings. The van der Waals surface area contributed by atoms with Crippen molar-refractivity contribution in [1.82, 2.24) is 4.57 Å². The van der Waals surface area contributed by atoms with Gasteiger partial charge in [0.25, 0.3) is 0 Å². The van der Waals surface area contributed by atoms with Crippen LogP contribution < -0.4 is 5.32 Å². The minimum atomic E-state index is -0.513. The van der Waals surface area contributed by atoms with E-state index in [1.807, 2.05) is 0 Å². The quantitative estimate of drug-likeness (QED) is 0.183. The standard InChI is InChI=1S/C53H36N2/c1-4-15-36(16-5-1)38-18-14-21-40(33-38)53(39-19-6-2-7-20-39)49-26-13-12-25-45(49)46-31-28-41(34-50(46)53)54-42-29-32-47-48-30-27-37-17-10-11-24-44(37)52(48)55(51(47)35-42)43-22-8-3-9-23-43/h1-35,54H. The molecule has 1 aromatic heterocycles. The van der Waals surface area contributed by atoms with Gasteiger partial charge in [0.2, 0.25) is 0 Å². The summed E-state index contributed by atoms with van der Waals surface area (Å²) < 4.78 is 2.43. The van der Waals surface area contributed by atoms with Gasteiger partial charge < -0.3 is 9.88 Å². The Balaban J connectivity index is 1.11. The van der Waals surface area contributed by atoms with Crippen LogP contribution in [-0.2, 0) is 5.41 Å². The van der Waals surface area contributed by atoms with Gasteiger partial charge in [-0.15, -0.1) is 0 Å². The fourth-order valence-electron chi connectivity index (χ4n) is 9.26. The third-order valence-electron chi connectivity index (χ3n) is 11.6. The molecule has 0 fully saturated rings. The molecule has 2 heteroatoms. The fourth-order valence-corrected chi connectivity index (χ4v) is 9.26. The van der Waals surface area contributed by atoms with Crippen molar-refractivity contribution in [2.45, 2.75) is 5.41 Å². The molecule has 0 bridgehead atoms. The predicted octanol–water partition coefficient (Wildman–Crippen LogP) is 13.7. The Kier molecular flexibility index (Phi) is 7.11. The van der Waals surface area contributed by atoms with Gasteiger partial charge in [-0.2, -0.15) is 0 Å². The molecule has 1 unspecified atom stereocenters. The van der Waals surface area contributed by atoms with E-state index in [9.17, 15) is 0 Å². The molecule has 258 valence electrons. The Hall–Kier alpha value is -7.16. The minimum Gasteiger partial charge on any atom is -0.355 e. The number of aromatic nitrogens is 1. The lowest BCUT2D eigenvalue weighted by atomic mass is 9.67. The summed E-state index contributed by atoms with van der Waals surface area (Å²) in [6.07, 6.45) is 0. The van der Waals surface area contributed by atoms with E-state index in [1.165, 1.54) is 77.1 Å². The van der Waals surface area contributed by atoms with Gasteiger partial charge in [-0.25, -0.2) is 0 Å². The van der Waals surface area contributed by atoms with Crippen molar-refractivity contribution in [2.24, 2.45) is 0 Å². The van der Waals surface area contributed by atoms with Gasteiger partial charge in [-0.3, -0.25) is 0 Å². The molecular weight excluding hydrogens is 665 g/mol. The van der Waals surface area contributed by atoms with Crippen molar-refractivity contribution < 1.29 is 0 Å². The van der Waals surface area contributed by atoms with E-state index in [4.69, 9.17) is 0 Å². The summed E-state index contributed by atoms with van der Waals surface area (Å²) in [7, 11) is 0. The van der Waals surface area contributed by atoms with Crippen LogP contribution in [0.15, 0.2) is 212 Å². The number of benzene rings is 9. The highest BCUT2D eigenvalue weighted by Crippen LogP contribution is 2.57. The minimum absolute atomic E-state index is 0.513. The molecule has 2 nitrogen and oxygen atoms in total. The lowest BCUT2D eigenvalue weighted by Crippen LogP contribution is -2.28. The summed E-state index contributed by atoms with van der Waals surface area (Å²) in [5.41, 5.74) is 15.2. The first-order chi connectivity index (χ1) is 27.3. The SMILES string of the molecule is c1ccc(-c2cccc(C3(c4ccccc4)c4ccccc4-c4ccc(Nc5ccc6c7ccc8ccccc8c7n(-c7ccccc7)c6c5)cc43)c2)cc1. The van der Waals surface area contributed by atoms with Crippen LogP contribution >= 0.6 is 0 Å². The molecule has 0 spiro atoms. The van der Waals surface area contributed by atoms with Crippen LogP contribution in [-0.4, -0.2) is 4.57 Å². The first kappa shape index (κ1) is 31.4. The van der Waals surface area contributed by atoms with Crippen molar-refractivity contribution >= 4 is 44.0 Å². The molecule has 1 N–H and O–H groups in total. The monoisotopic (exact) mass is 700 g/mol. The zero-order valence-electron chi connectivity index (χ0n) is 30.2. The maximum atomic E-state index is 3.88. The summed E-state index contributed by atoms with van der Waals surface area (Å²) in [6, 6.07) is 77.6. The van der Waals surface area contributed by atoms with Crippen LogP contribution in [0.4, 0.5) is 11.4 Å². The second-order valence-corrected chi connectivity index (χ2v) is 14.6. The molecule has 0 radical (unpaired) electrons. The van der Waals surface area contributed by atoms with E-state index in [-0.39, 0.29) is 0 Å². The Morgan fingerprint density at radius 2 is 1.02 bits per heavy atom. The van der Waals surface area contributed by atoms with Crippen molar-refractivity contribution in [2.75, 3.05) is 5.32 Å².